The van der Waals surface area contributed by atoms with Crippen LogP contribution in [0.5, 0.6) is 0 Å². The molecule has 1 amide bonds. The molecule has 0 spiro atoms. The number of halogens is 1. The molecule has 0 unspecified atom stereocenters. The molecule has 7 nitrogen and oxygen atoms in total. The number of ether oxygens (including phenoxy) is 5. The minimum Gasteiger partial charge on any atom is -0.342 e. The summed E-state index contributed by atoms with van der Waals surface area (Å²) in [6.07, 6.45) is -3.45. The van der Waals surface area contributed by atoms with E-state index >= 15 is 0 Å². The molecule has 0 radical (unpaired) electrons. The van der Waals surface area contributed by atoms with E-state index in [-0.39, 0.29) is 0 Å². The monoisotopic (exact) mass is 381 g/mol. The molecular weight excluding hydrogens is 357 g/mol. The van der Waals surface area contributed by atoms with Gasteiger partial charge in [0.25, 0.3) is 5.91 Å². The summed E-state index contributed by atoms with van der Waals surface area (Å²) in [5, 5.41) is 2.68. The van der Waals surface area contributed by atoms with Gasteiger partial charge in [-0.15, -0.1) is 0 Å². The van der Waals surface area contributed by atoms with Crippen molar-refractivity contribution in [2.75, 3.05) is 5.32 Å². The second kappa shape index (κ2) is 6.22. The molecule has 148 valence electrons. The first-order valence-corrected chi connectivity index (χ1v) is 8.98. The lowest BCUT2D eigenvalue weighted by atomic mass is 9.98. The van der Waals surface area contributed by atoms with Gasteiger partial charge < -0.3 is 29.0 Å². The summed E-state index contributed by atoms with van der Waals surface area (Å²) in [4.78, 5) is 12.9. The first kappa shape index (κ1) is 18.8. The van der Waals surface area contributed by atoms with Gasteiger partial charge in [0.2, 0.25) is 0 Å². The van der Waals surface area contributed by atoms with E-state index < -0.39 is 54.0 Å². The van der Waals surface area contributed by atoms with Crippen LogP contribution in [0, 0.1) is 12.7 Å². The second-order valence-corrected chi connectivity index (χ2v) is 8.04. The van der Waals surface area contributed by atoms with Gasteiger partial charge >= 0.3 is 0 Å². The van der Waals surface area contributed by atoms with E-state index in [1.807, 2.05) is 0 Å². The zero-order valence-corrected chi connectivity index (χ0v) is 15.9. The number of hydrogen-bond donors (Lipinski definition) is 1. The molecule has 27 heavy (non-hydrogen) atoms. The number of aryl methyl sites for hydroxylation is 1. The summed E-state index contributed by atoms with van der Waals surface area (Å²) < 4.78 is 43.2. The van der Waals surface area contributed by atoms with Crippen LogP contribution in [0.1, 0.15) is 33.3 Å². The van der Waals surface area contributed by atoms with Gasteiger partial charge in [-0.25, -0.2) is 4.39 Å². The molecule has 8 heteroatoms. The van der Waals surface area contributed by atoms with E-state index in [0.29, 0.717) is 11.3 Å². The number of carbonyl (C=O) groups excluding carboxylic acids is 1. The minimum atomic E-state index is -0.986. The Hall–Kier alpha value is -1.58. The molecule has 0 aromatic heterocycles. The van der Waals surface area contributed by atoms with Gasteiger partial charge in [-0.2, -0.15) is 0 Å². The fourth-order valence-corrected chi connectivity index (χ4v) is 3.71. The molecule has 5 atom stereocenters. The quantitative estimate of drug-likeness (QED) is 0.848. The number of fused-ring (bicyclic) bond motifs is 3. The van der Waals surface area contributed by atoms with Crippen LogP contribution in [0.3, 0.4) is 0 Å². The van der Waals surface area contributed by atoms with Crippen LogP contribution in [-0.4, -0.2) is 48.2 Å². The molecule has 1 aromatic carbocycles. The minimum absolute atomic E-state index is 0.340. The highest BCUT2D eigenvalue weighted by atomic mass is 19.1. The van der Waals surface area contributed by atoms with E-state index in [9.17, 15) is 9.18 Å². The Bertz CT molecular complexity index is 767. The van der Waals surface area contributed by atoms with Crippen LogP contribution in [0.2, 0.25) is 0 Å². The summed E-state index contributed by atoms with van der Waals surface area (Å²) in [6, 6.07) is 4.50. The standard InChI is InChI=1S/C19H24FNO6/c1-9-6-7-10(8-11(9)20)21-16(22)14-12-13(25-18(2,3)24-12)15-17(23-14)27-19(4,5)26-15/h6-8,12-15,17H,1-5H3,(H,21,22)/t12-,13+,14-,15+,17-/m0/s1. The Morgan fingerprint density at radius 3 is 2.33 bits per heavy atom. The fraction of sp³-hybridized carbons (Fsp3) is 0.632. The molecule has 3 saturated heterocycles. The topological polar surface area (TPSA) is 75.3 Å². The highest BCUT2D eigenvalue weighted by Crippen LogP contribution is 2.44. The molecule has 3 aliphatic heterocycles. The first-order valence-electron chi connectivity index (χ1n) is 8.98. The molecule has 1 N–H and O–H groups in total. The van der Waals surface area contributed by atoms with Crippen molar-refractivity contribution in [2.45, 2.75) is 76.9 Å². The van der Waals surface area contributed by atoms with E-state index in [1.54, 1.807) is 46.8 Å². The third-order valence-electron chi connectivity index (χ3n) is 4.85. The van der Waals surface area contributed by atoms with Crippen molar-refractivity contribution in [1.29, 1.82) is 0 Å². The highest BCUT2D eigenvalue weighted by Gasteiger charge is 2.62. The molecule has 3 aliphatic rings. The van der Waals surface area contributed by atoms with Crippen molar-refractivity contribution in [2.24, 2.45) is 0 Å². The zero-order valence-electron chi connectivity index (χ0n) is 15.9. The lowest BCUT2D eigenvalue weighted by Gasteiger charge is -2.36. The van der Waals surface area contributed by atoms with Crippen molar-refractivity contribution >= 4 is 11.6 Å². The normalized spacial score (nSPS) is 36.1. The predicted octanol–water partition coefficient (Wildman–Crippen LogP) is 2.47. The zero-order chi connectivity index (χ0) is 19.6. The molecule has 3 fully saturated rings. The van der Waals surface area contributed by atoms with E-state index in [0.717, 1.165) is 0 Å². The van der Waals surface area contributed by atoms with E-state index in [1.165, 1.54) is 6.07 Å². The summed E-state index contributed by atoms with van der Waals surface area (Å²) in [5.74, 6) is -2.60. The Morgan fingerprint density at radius 2 is 1.63 bits per heavy atom. The smallest absolute Gasteiger partial charge is 0.256 e. The van der Waals surface area contributed by atoms with Crippen LogP contribution in [-0.2, 0) is 28.5 Å². The molecule has 0 aliphatic carbocycles. The summed E-state index contributed by atoms with van der Waals surface area (Å²) >= 11 is 0. The van der Waals surface area contributed by atoms with Gasteiger partial charge in [0.05, 0.1) is 0 Å². The summed E-state index contributed by atoms with van der Waals surface area (Å²) in [6.45, 7) is 8.74. The average Bonchev–Trinajstić information content (AvgIpc) is 3.04. The Kier molecular flexibility index (Phi) is 4.32. The fourth-order valence-electron chi connectivity index (χ4n) is 3.71. The average molecular weight is 381 g/mol. The van der Waals surface area contributed by atoms with Gasteiger partial charge in [-0.1, -0.05) is 6.07 Å². The van der Waals surface area contributed by atoms with Gasteiger partial charge in [0.15, 0.2) is 24.0 Å². The molecule has 4 rings (SSSR count). The van der Waals surface area contributed by atoms with Crippen molar-refractivity contribution in [3.8, 4) is 0 Å². The number of benzene rings is 1. The molecule has 1 aromatic rings. The maximum absolute atomic E-state index is 13.8. The molecular formula is C19H24FNO6. The number of rotatable bonds is 2. The molecule has 3 heterocycles. The summed E-state index contributed by atoms with van der Waals surface area (Å²) in [5.41, 5.74) is 0.838. The molecule has 0 bridgehead atoms. The van der Waals surface area contributed by atoms with Crippen molar-refractivity contribution in [1.82, 2.24) is 0 Å². The number of nitrogens with one attached hydrogen (secondary N) is 1. The maximum Gasteiger partial charge on any atom is 0.256 e. The van der Waals surface area contributed by atoms with Crippen molar-refractivity contribution in [3.63, 3.8) is 0 Å². The lowest BCUT2D eigenvalue weighted by molar-refractivity contribution is -0.229. The molecule has 0 saturated carbocycles. The Balaban J connectivity index is 1.57. The van der Waals surface area contributed by atoms with Gasteiger partial charge in [-0.05, 0) is 52.3 Å². The van der Waals surface area contributed by atoms with Crippen LogP contribution >= 0.6 is 0 Å². The number of carbonyl (C=O) groups is 1. The van der Waals surface area contributed by atoms with Crippen LogP contribution < -0.4 is 5.32 Å². The SMILES string of the molecule is Cc1ccc(NC(=O)[C@H]2O[C@H]3OC(C)(C)O[C@@H]3[C@@H]3OC(C)(C)O[C@@H]32)cc1F. The van der Waals surface area contributed by atoms with Crippen LogP contribution in [0.4, 0.5) is 10.1 Å². The Morgan fingerprint density at radius 1 is 1.00 bits per heavy atom. The van der Waals surface area contributed by atoms with Gasteiger partial charge in [0, 0.05) is 5.69 Å². The highest BCUT2D eigenvalue weighted by molar-refractivity contribution is 5.94. The van der Waals surface area contributed by atoms with Gasteiger partial charge in [-0.3, -0.25) is 4.79 Å². The third kappa shape index (κ3) is 3.48. The number of anilines is 1. The maximum atomic E-state index is 13.8. The number of hydrogen-bond acceptors (Lipinski definition) is 6. The lowest BCUT2D eigenvalue weighted by Crippen LogP contribution is -2.58. The first-order chi connectivity index (χ1) is 12.5. The van der Waals surface area contributed by atoms with Crippen LogP contribution in [0.15, 0.2) is 18.2 Å². The predicted molar refractivity (Wildman–Crippen MR) is 92.3 cm³/mol. The Labute approximate surface area is 157 Å². The second-order valence-electron chi connectivity index (χ2n) is 8.04. The van der Waals surface area contributed by atoms with Gasteiger partial charge in [0.1, 0.15) is 24.1 Å². The largest absolute Gasteiger partial charge is 0.342 e. The third-order valence-corrected chi connectivity index (χ3v) is 4.85. The number of amides is 1. The van der Waals surface area contributed by atoms with E-state index in [4.69, 9.17) is 23.7 Å². The van der Waals surface area contributed by atoms with Crippen LogP contribution in [0.25, 0.3) is 0 Å². The van der Waals surface area contributed by atoms with Crippen molar-refractivity contribution < 1.29 is 32.9 Å². The van der Waals surface area contributed by atoms with Crippen molar-refractivity contribution in [3.05, 3.63) is 29.6 Å². The summed E-state index contributed by atoms with van der Waals surface area (Å²) in [7, 11) is 0. The van der Waals surface area contributed by atoms with E-state index in [2.05, 4.69) is 5.32 Å².